The third-order valence-electron chi connectivity index (χ3n) is 4.79. The third-order valence-corrected chi connectivity index (χ3v) is 5.46. The van der Waals surface area contributed by atoms with Crippen molar-refractivity contribution in [1.82, 2.24) is 10.3 Å². The predicted octanol–water partition coefficient (Wildman–Crippen LogP) is 3.82. The minimum absolute atomic E-state index is 0.332. The molecular formula is C23H18IN3O2. The first-order valence-electron chi connectivity index (χ1n) is 9.15. The van der Waals surface area contributed by atoms with E-state index in [1.165, 1.54) is 0 Å². The molecule has 0 fully saturated rings. The van der Waals surface area contributed by atoms with Crippen LogP contribution in [0.15, 0.2) is 72.8 Å². The van der Waals surface area contributed by atoms with Gasteiger partial charge < -0.3 is 11.1 Å². The van der Waals surface area contributed by atoms with Crippen molar-refractivity contribution in [2.75, 3.05) is 0 Å². The monoisotopic (exact) mass is 495 g/mol. The van der Waals surface area contributed by atoms with Crippen molar-refractivity contribution in [1.29, 1.82) is 0 Å². The van der Waals surface area contributed by atoms with Crippen LogP contribution in [-0.2, 0) is 11.2 Å². The molecule has 0 aliphatic heterocycles. The van der Waals surface area contributed by atoms with Gasteiger partial charge in [-0.05, 0) is 52.4 Å². The maximum atomic E-state index is 13.3. The summed E-state index contributed by atoms with van der Waals surface area (Å²) in [4.78, 5) is 30.0. The van der Waals surface area contributed by atoms with Crippen LogP contribution in [0.2, 0.25) is 0 Å². The number of halogens is 1. The van der Waals surface area contributed by atoms with E-state index < -0.39 is 11.9 Å². The number of benzene rings is 3. The summed E-state index contributed by atoms with van der Waals surface area (Å²) < 4.78 is 1.06. The molecule has 1 heterocycles. The fourth-order valence-electron chi connectivity index (χ4n) is 3.44. The molecule has 0 radical (unpaired) electrons. The molecular weight excluding hydrogens is 477 g/mol. The zero-order chi connectivity index (χ0) is 20.4. The molecule has 0 saturated carbocycles. The maximum Gasteiger partial charge on any atom is 0.253 e. The number of fused-ring (bicyclic) bond motifs is 2. The van der Waals surface area contributed by atoms with E-state index in [0.29, 0.717) is 12.0 Å². The number of para-hydroxylation sites is 2. The Morgan fingerprint density at radius 1 is 0.931 bits per heavy atom. The van der Waals surface area contributed by atoms with Gasteiger partial charge in [0.25, 0.3) is 5.91 Å². The van der Waals surface area contributed by atoms with Crippen LogP contribution in [-0.4, -0.2) is 22.8 Å². The summed E-state index contributed by atoms with van der Waals surface area (Å²) in [6.45, 7) is 0. The van der Waals surface area contributed by atoms with Gasteiger partial charge in [-0.3, -0.25) is 9.59 Å². The minimum atomic E-state index is -0.814. The van der Waals surface area contributed by atoms with Crippen molar-refractivity contribution in [2.24, 2.45) is 5.73 Å². The molecule has 1 aromatic heterocycles. The molecule has 0 aliphatic carbocycles. The molecule has 3 N–H and O–H groups in total. The average Bonchev–Trinajstić information content (AvgIpc) is 2.71. The molecule has 0 bridgehead atoms. The van der Waals surface area contributed by atoms with Crippen LogP contribution in [0.3, 0.4) is 0 Å². The Balaban J connectivity index is 1.74. The number of carbonyl (C=O) groups excluding carboxylic acids is 2. The first kappa shape index (κ1) is 19.3. The van der Waals surface area contributed by atoms with Gasteiger partial charge in [0.15, 0.2) is 0 Å². The largest absolute Gasteiger partial charge is 0.368 e. The Morgan fingerprint density at radius 2 is 1.55 bits per heavy atom. The van der Waals surface area contributed by atoms with Crippen LogP contribution in [0.5, 0.6) is 0 Å². The summed E-state index contributed by atoms with van der Waals surface area (Å²) in [6, 6.07) is 21.9. The number of nitrogens with zero attached hydrogens (tertiary/aromatic N) is 1. The Hall–Kier alpha value is -3.00. The normalized spacial score (nSPS) is 12.0. The predicted molar refractivity (Wildman–Crippen MR) is 123 cm³/mol. The van der Waals surface area contributed by atoms with E-state index in [9.17, 15) is 9.59 Å². The quantitative estimate of drug-likeness (QED) is 0.326. The highest BCUT2D eigenvalue weighted by molar-refractivity contribution is 14.1. The molecule has 5 nitrogen and oxygen atoms in total. The number of nitrogens with two attached hydrogens (primary N) is 1. The van der Waals surface area contributed by atoms with Crippen molar-refractivity contribution < 1.29 is 9.59 Å². The first-order valence-corrected chi connectivity index (χ1v) is 10.2. The fourth-order valence-corrected chi connectivity index (χ4v) is 4.04. The lowest BCUT2D eigenvalue weighted by atomic mass is 10.0. The highest BCUT2D eigenvalue weighted by atomic mass is 127. The lowest BCUT2D eigenvalue weighted by Gasteiger charge is -2.17. The van der Waals surface area contributed by atoms with Crippen LogP contribution in [0.1, 0.15) is 15.9 Å². The van der Waals surface area contributed by atoms with Crippen molar-refractivity contribution >= 4 is 56.2 Å². The SMILES string of the molecule is NC(=O)[C@@H](Cc1cccc(I)c1)NC(=O)c1c2ccccc2nc2ccccc12. The van der Waals surface area contributed by atoms with Gasteiger partial charge in [-0.15, -0.1) is 0 Å². The second kappa shape index (κ2) is 8.16. The molecule has 4 aromatic rings. The topological polar surface area (TPSA) is 85.1 Å². The summed E-state index contributed by atoms with van der Waals surface area (Å²) >= 11 is 2.21. The summed E-state index contributed by atoms with van der Waals surface area (Å²) in [7, 11) is 0. The Morgan fingerprint density at radius 3 is 2.14 bits per heavy atom. The number of pyridine rings is 1. The molecule has 3 aromatic carbocycles. The van der Waals surface area contributed by atoms with E-state index >= 15 is 0 Å². The molecule has 29 heavy (non-hydrogen) atoms. The Kier molecular flexibility index (Phi) is 5.44. The summed E-state index contributed by atoms with van der Waals surface area (Å²) in [5.74, 6) is -0.908. The first-order chi connectivity index (χ1) is 14.0. The van der Waals surface area contributed by atoms with E-state index in [4.69, 9.17) is 5.73 Å². The van der Waals surface area contributed by atoms with Crippen molar-refractivity contribution in [3.05, 3.63) is 87.5 Å². The zero-order valence-electron chi connectivity index (χ0n) is 15.4. The number of carbonyl (C=O) groups is 2. The molecule has 144 valence electrons. The van der Waals surface area contributed by atoms with Crippen LogP contribution in [0.4, 0.5) is 0 Å². The molecule has 6 heteroatoms. The number of aromatic nitrogens is 1. The lowest BCUT2D eigenvalue weighted by molar-refractivity contribution is -0.119. The van der Waals surface area contributed by atoms with Crippen molar-refractivity contribution in [2.45, 2.75) is 12.5 Å². The van der Waals surface area contributed by atoms with Gasteiger partial charge in [-0.1, -0.05) is 48.5 Å². The van der Waals surface area contributed by atoms with E-state index in [1.54, 1.807) is 0 Å². The van der Waals surface area contributed by atoms with E-state index in [-0.39, 0.29) is 5.91 Å². The van der Waals surface area contributed by atoms with Crippen LogP contribution >= 0.6 is 22.6 Å². The number of primary amides is 1. The lowest BCUT2D eigenvalue weighted by Crippen LogP contribution is -2.46. The number of nitrogens with one attached hydrogen (secondary N) is 1. The fraction of sp³-hybridized carbons (Fsp3) is 0.0870. The summed E-state index contributed by atoms with van der Waals surface area (Å²) in [5, 5.41) is 4.32. The second-order valence-corrected chi connectivity index (χ2v) is 8.03. The van der Waals surface area contributed by atoms with Crippen LogP contribution < -0.4 is 11.1 Å². The van der Waals surface area contributed by atoms with Gasteiger partial charge in [-0.25, -0.2) is 4.98 Å². The van der Waals surface area contributed by atoms with Gasteiger partial charge in [0, 0.05) is 20.8 Å². The van der Waals surface area contributed by atoms with E-state index in [0.717, 1.165) is 30.9 Å². The molecule has 0 aliphatic rings. The minimum Gasteiger partial charge on any atom is -0.368 e. The smallest absolute Gasteiger partial charge is 0.253 e. The standard InChI is InChI=1S/C23H18IN3O2/c24-15-7-5-6-14(12-15)13-20(22(25)28)27-23(29)21-16-8-1-3-10-18(16)26-19-11-4-2-9-17(19)21/h1-12,20H,13H2,(H2,25,28)(H,27,29)/t20-/m1/s1. The Bertz CT molecular complexity index is 1190. The van der Waals surface area contributed by atoms with Gasteiger partial charge >= 0.3 is 0 Å². The Labute approximate surface area is 181 Å². The molecule has 0 unspecified atom stereocenters. The van der Waals surface area contributed by atoms with Gasteiger partial charge in [0.05, 0.1) is 16.6 Å². The summed E-state index contributed by atoms with van der Waals surface area (Å²) in [6.07, 6.45) is 0.332. The molecule has 0 spiro atoms. The number of rotatable bonds is 5. The molecule has 1 atom stereocenters. The molecule has 4 rings (SSSR count). The van der Waals surface area contributed by atoms with E-state index in [2.05, 4.69) is 32.9 Å². The van der Waals surface area contributed by atoms with E-state index in [1.807, 2.05) is 72.8 Å². The number of hydrogen-bond acceptors (Lipinski definition) is 3. The third kappa shape index (κ3) is 4.07. The number of hydrogen-bond donors (Lipinski definition) is 2. The maximum absolute atomic E-state index is 13.3. The highest BCUT2D eigenvalue weighted by Gasteiger charge is 2.22. The van der Waals surface area contributed by atoms with Gasteiger partial charge in [-0.2, -0.15) is 0 Å². The second-order valence-electron chi connectivity index (χ2n) is 6.78. The average molecular weight is 495 g/mol. The molecule has 0 saturated heterocycles. The molecule has 2 amide bonds. The van der Waals surface area contributed by atoms with Crippen LogP contribution in [0, 0.1) is 3.57 Å². The van der Waals surface area contributed by atoms with Crippen LogP contribution in [0.25, 0.3) is 21.8 Å². The number of amides is 2. The van der Waals surface area contributed by atoms with Crippen molar-refractivity contribution in [3.8, 4) is 0 Å². The summed E-state index contributed by atoms with van der Waals surface area (Å²) in [5.41, 5.74) is 8.50. The highest BCUT2D eigenvalue weighted by Crippen LogP contribution is 2.26. The van der Waals surface area contributed by atoms with Crippen molar-refractivity contribution in [3.63, 3.8) is 0 Å². The zero-order valence-corrected chi connectivity index (χ0v) is 17.6. The van der Waals surface area contributed by atoms with Gasteiger partial charge in [0.1, 0.15) is 6.04 Å². The van der Waals surface area contributed by atoms with Gasteiger partial charge in [0.2, 0.25) is 5.91 Å².